The fourth-order valence-corrected chi connectivity index (χ4v) is 5.06. The van der Waals surface area contributed by atoms with Crippen LogP contribution in [0.4, 0.5) is 10.1 Å². The lowest BCUT2D eigenvalue weighted by atomic mass is 10.1. The molecule has 0 saturated heterocycles. The summed E-state index contributed by atoms with van der Waals surface area (Å²) in [4.78, 5) is 27.6. The van der Waals surface area contributed by atoms with Crippen molar-refractivity contribution in [2.75, 3.05) is 17.1 Å². The molecule has 1 aliphatic carbocycles. The van der Waals surface area contributed by atoms with E-state index in [1.807, 2.05) is 0 Å². The molecule has 2 amide bonds. The second-order valence-corrected chi connectivity index (χ2v) is 10.9. The van der Waals surface area contributed by atoms with Gasteiger partial charge in [0.15, 0.2) is 0 Å². The van der Waals surface area contributed by atoms with Gasteiger partial charge in [-0.1, -0.05) is 48.7 Å². The van der Waals surface area contributed by atoms with Crippen LogP contribution >= 0.6 is 11.6 Å². The van der Waals surface area contributed by atoms with E-state index in [2.05, 4.69) is 5.32 Å². The number of amides is 2. The van der Waals surface area contributed by atoms with E-state index in [-0.39, 0.29) is 29.7 Å². The number of carbonyl (C=O) groups is 2. The molecule has 1 N–H and O–H groups in total. The van der Waals surface area contributed by atoms with Gasteiger partial charge in [0.1, 0.15) is 18.4 Å². The highest BCUT2D eigenvalue weighted by atomic mass is 35.5. The van der Waals surface area contributed by atoms with Crippen LogP contribution in [-0.4, -0.2) is 50.0 Å². The summed E-state index contributed by atoms with van der Waals surface area (Å²) < 4.78 is 40.4. The fourth-order valence-electron chi connectivity index (χ4n) is 4.03. The number of carbonyl (C=O) groups excluding carboxylic acids is 2. The molecule has 2 aromatic rings. The second-order valence-electron chi connectivity index (χ2n) is 8.53. The van der Waals surface area contributed by atoms with Gasteiger partial charge in [-0.15, -0.1) is 0 Å². The highest BCUT2D eigenvalue weighted by molar-refractivity contribution is 7.92. The molecule has 0 heterocycles. The Hall–Kier alpha value is -2.65. The van der Waals surface area contributed by atoms with Crippen molar-refractivity contribution in [2.24, 2.45) is 0 Å². The maximum Gasteiger partial charge on any atom is 0.244 e. The Morgan fingerprint density at radius 2 is 1.82 bits per heavy atom. The molecule has 0 unspecified atom stereocenters. The maximum atomic E-state index is 14.4. The minimum absolute atomic E-state index is 0.0411. The van der Waals surface area contributed by atoms with Crippen LogP contribution in [-0.2, 0) is 26.2 Å². The van der Waals surface area contributed by atoms with Crippen molar-refractivity contribution >= 4 is 39.1 Å². The lowest BCUT2D eigenvalue weighted by molar-refractivity contribution is -0.139. The van der Waals surface area contributed by atoms with Crippen LogP contribution in [0.25, 0.3) is 0 Å². The van der Waals surface area contributed by atoms with Crippen molar-refractivity contribution in [3.05, 3.63) is 64.9 Å². The van der Waals surface area contributed by atoms with E-state index in [4.69, 9.17) is 11.6 Å². The highest BCUT2D eigenvalue weighted by Crippen LogP contribution is 2.23. The number of benzene rings is 2. The molecule has 34 heavy (non-hydrogen) atoms. The molecule has 0 aromatic heterocycles. The predicted octanol–water partition coefficient (Wildman–Crippen LogP) is 3.72. The molecule has 1 aliphatic rings. The molecule has 0 spiro atoms. The number of nitrogens with one attached hydrogen (secondary N) is 1. The van der Waals surface area contributed by atoms with E-state index in [1.54, 1.807) is 25.1 Å². The van der Waals surface area contributed by atoms with E-state index in [0.29, 0.717) is 5.02 Å². The van der Waals surface area contributed by atoms with Crippen LogP contribution in [0.2, 0.25) is 5.02 Å². The Bertz CT molecular complexity index is 1140. The number of halogens is 2. The molecule has 0 radical (unpaired) electrons. The Labute approximate surface area is 204 Å². The third kappa shape index (κ3) is 6.70. The summed E-state index contributed by atoms with van der Waals surface area (Å²) in [5.41, 5.74) is 0.447. The lowest BCUT2D eigenvalue weighted by Gasteiger charge is -2.32. The summed E-state index contributed by atoms with van der Waals surface area (Å²) in [6, 6.07) is 11.2. The number of hydrogen-bond acceptors (Lipinski definition) is 4. The van der Waals surface area contributed by atoms with Crippen LogP contribution in [0.15, 0.2) is 48.5 Å². The van der Waals surface area contributed by atoms with Crippen LogP contribution < -0.4 is 9.62 Å². The zero-order valence-electron chi connectivity index (χ0n) is 19.2. The quantitative estimate of drug-likeness (QED) is 0.558. The van der Waals surface area contributed by atoms with E-state index in [0.717, 1.165) is 36.2 Å². The molecular formula is C24H29ClFN3O4S. The molecular weight excluding hydrogens is 481 g/mol. The minimum Gasteiger partial charge on any atom is -0.352 e. The average molecular weight is 510 g/mol. The van der Waals surface area contributed by atoms with E-state index < -0.39 is 34.3 Å². The largest absolute Gasteiger partial charge is 0.352 e. The lowest BCUT2D eigenvalue weighted by Crippen LogP contribution is -2.52. The number of sulfonamides is 1. The first-order chi connectivity index (χ1) is 16.1. The summed E-state index contributed by atoms with van der Waals surface area (Å²) in [5, 5.41) is 3.27. The molecule has 184 valence electrons. The van der Waals surface area contributed by atoms with Crippen molar-refractivity contribution in [3.63, 3.8) is 0 Å². The molecule has 1 fully saturated rings. The molecule has 2 aromatic carbocycles. The normalized spacial score (nSPS) is 15.1. The Morgan fingerprint density at radius 1 is 1.15 bits per heavy atom. The predicted molar refractivity (Wildman–Crippen MR) is 130 cm³/mol. The van der Waals surface area contributed by atoms with Gasteiger partial charge in [-0.05, 0) is 44.0 Å². The smallest absolute Gasteiger partial charge is 0.244 e. The standard InChI is InChI=1S/C24H29ClFN3O4S/c1-17(24(31)27-20-10-4-5-11-20)28(15-18-8-3-6-13-22(18)26)23(30)16-29(34(2,32)33)21-12-7-9-19(25)14-21/h3,6-9,12-14,17,20H,4-5,10-11,15-16H2,1-2H3,(H,27,31)/t17-/m0/s1. The van der Waals surface area contributed by atoms with Crippen LogP contribution in [0, 0.1) is 5.82 Å². The van der Waals surface area contributed by atoms with E-state index in [9.17, 15) is 22.4 Å². The van der Waals surface area contributed by atoms with Crippen molar-refractivity contribution in [1.82, 2.24) is 10.2 Å². The fraction of sp³-hybridized carbons (Fsp3) is 0.417. The third-order valence-electron chi connectivity index (χ3n) is 5.94. The van der Waals surface area contributed by atoms with Gasteiger partial charge in [0, 0.05) is 23.2 Å². The number of rotatable bonds is 9. The van der Waals surface area contributed by atoms with Gasteiger partial charge in [0.25, 0.3) is 0 Å². The van der Waals surface area contributed by atoms with Crippen molar-refractivity contribution in [1.29, 1.82) is 0 Å². The van der Waals surface area contributed by atoms with Gasteiger partial charge in [0.2, 0.25) is 21.8 Å². The summed E-state index contributed by atoms with van der Waals surface area (Å²) >= 11 is 6.02. The summed E-state index contributed by atoms with van der Waals surface area (Å²) in [6.45, 7) is 0.819. The number of nitrogens with zero attached hydrogens (tertiary/aromatic N) is 2. The molecule has 1 atom stereocenters. The van der Waals surface area contributed by atoms with Gasteiger partial charge in [0.05, 0.1) is 11.9 Å². The first-order valence-electron chi connectivity index (χ1n) is 11.1. The van der Waals surface area contributed by atoms with Gasteiger partial charge in [-0.3, -0.25) is 13.9 Å². The molecule has 3 rings (SSSR count). The summed E-state index contributed by atoms with van der Waals surface area (Å²) in [5.74, 6) is -1.51. The zero-order chi connectivity index (χ0) is 24.9. The highest BCUT2D eigenvalue weighted by Gasteiger charge is 2.31. The summed E-state index contributed by atoms with van der Waals surface area (Å²) in [7, 11) is -3.86. The molecule has 1 saturated carbocycles. The van der Waals surface area contributed by atoms with Crippen molar-refractivity contribution in [2.45, 2.75) is 51.2 Å². The topological polar surface area (TPSA) is 86.8 Å². The van der Waals surface area contributed by atoms with Gasteiger partial charge in [-0.25, -0.2) is 12.8 Å². The van der Waals surface area contributed by atoms with E-state index >= 15 is 0 Å². The maximum absolute atomic E-state index is 14.4. The summed E-state index contributed by atoms with van der Waals surface area (Å²) in [6.07, 6.45) is 4.78. The first kappa shape index (κ1) is 26.0. The van der Waals surface area contributed by atoms with Crippen LogP contribution in [0.1, 0.15) is 38.2 Å². The van der Waals surface area contributed by atoms with Gasteiger partial charge >= 0.3 is 0 Å². The molecule has 7 nitrogen and oxygen atoms in total. The Balaban J connectivity index is 1.89. The van der Waals surface area contributed by atoms with Crippen LogP contribution in [0.5, 0.6) is 0 Å². The Kier molecular flexibility index (Phi) is 8.54. The van der Waals surface area contributed by atoms with Crippen LogP contribution in [0.3, 0.4) is 0 Å². The SMILES string of the molecule is C[C@@H](C(=O)NC1CCCC1)N(Cc1ccccc1F)C(=O)CN(c1cccc(Cl)c1)S(C)(=O)=O. The monoisotopic (exact) mass is 509 g/mol. The number of hydrogen-bond donors (Lipinski definition) is 1. The molecule has 0 bridgehead atoms. The zero-order valence-corrected chi connectivity index (χ0v) is 20.8. The Morgan fingerprint density at radius 3 is 2.44 bits per heavy atom. The minimum atomic E-state index is -3.86. The molecule has 0 aliphatic heterocycles. The van der Waals surface area contributed by atoms with Gasteiger partial charge < -0.3 is 10.2 Å². The average Bonchev–Trinajstić information content (AvgIpc) is 3.28. The number of anilines is 1. The van der Waals surface area contributed by atoms with Crippen molar-refractivity contribution < 1.29 is 22.4 Å². The third-order valence-corrected chi connectivity index (χ3v) is 7.32. The second kappa shape index (κ2) is 11.2. The van der Waals surface area contributed by atoms with Crippen molar-refractivity contribution in [3.8, 4) is 0 Å². The van der Waals surface area contributed by atoms with Gasteiger partial charge in [-0.2, -0.15) is 0 Å². The molecule has 10 heteroatoms. The van der Waals surface area contributed by atoms with E-state index in [1.165, 1.54) is 35.2 Å². The first-order valence-corrected chi connectivity index (χ1v) is 13.4.